The van der Waals surface area contributed by atoms with Crippen molar-refractivity contribution in [2.24, 2.45) is 29.6 Å². The lowest BCUT2D eigenvalue weighted by Crippen LogP contribution is -2.60. The van der Waals surface area contributed by atoms with Crippen LogP contribution in [0.4, 0.5) is 4.39 Å². The van der Waals surface area contributed by atoms with E-state index in [2.05, 4.69) is 10.3 Å². The molecule has 1 amide bonds. The van der Waals surface area contributed by atoms with Crippen molar-refractivity contribution < 1.29 is 9.18 Å². The van der Waals surface area contributed by atoms with E-state index in [1.165, 1.54) is 25.7 Å². The van der Waals surface area contributed by atoms with Crippen LogP contribution in [0, 0.1) is 29.6 Å². The van der Waals surface area contributed by atoms with Crippen molar-refractivity contribution in [3.8, 4) is 0 Å². The number of nitrogens with zero attached hydrogens (tertiary/aromatic N) is 4. The molecule has 1 aliphatic heterocycles. The van der Waals surface area contributed by atoms with Gasteiger partial charge in [0.2, 0.25) is 5.91 Å². The van der Waals surface area contributed by atoms with Crippen molar-refractivity contribution in [2.75, 3.05) is 13.1 Å². The van der Waals surface area contributed by atoms with Crippen molar-refractivity contribution >= 4 is 5.91 Å². The molecule has 24 heavy (non-hydrogen) atoms. The van der Waals surface area contributed by atoms with Gasteiger partial charge in [-0.2, -0.15) is 0 Å². The molecule has 6 fully saturated rings. The zero-order chi connectivity index (χ0) is 16.1. The fourth-order valence-electron chi connectivity index (χ4n) is 6.36. The molecular weight excluding hydrogens is 307 g/mol. The van der Waals surface area contributed by atoms with Crippen LogP contribution >= 0.6 is 0 Å². The molecule has 0 N–H and O–H groups in total. The number of alkyl halides is 1. The molecule has 3 atom stereocenters. The van der Waals surface area contributed by atoms with E-state index >= 15 is 4.39 Å². The fraction of sp³-hybridized carbons (Fsp3) is 0.833. The van der Waals surface area contributed by atoms with Crippen LogP contribution in [0.25, 0.3) is 0 Å². The van der Waals surface area contributed by atoms with Crippen molar-refractivity contribution in [1.82, 2.24) is 19.9 Å². The van der Waals surface area contributed by atoms with Crippen molar-refractivity contribution in [3.63, 3.8) is 0 Å². The molecule has 1 aromatic rings. The van der Waals surface area contributed by atoms with Crippen LogP contribution in [-0.4, -0.2) is 38.9 Å². The third-order valence-corrected chi connectivity index (χ3v) is 7.62. The van der Waals surface area contributed by atoms with Gasteiger partial charge in [-0.1, -0.05) is 18.1 Å². The van der Waals surface area contributed by atoms with Gasteiger partial charge in [-0.3, -0.25) is 4.79 Å². The molecule has 6 aliphatic rings. The second kappa shape index (κ2) is 4.38. The van der Waals surface area contributed by atoms with E-state index in [0.29, 0.717) is 23.6 Å². The molecule has 3 unspecified atom stereocenters. The summed E-state index contributed by atoms with van der Waals surface area (Å²) in [6, 6.07) is 0.379. The summed E-state index contributed by atoms with van der Waals surface area (Å²) >= 11 is 0. The first-order valence-corrected chi connectivity index (χ1v) is 9.54. The maximum Gasteiger partial charge on any atom is 0.226 e. The molecule has 128 valence electrons. The molecule has 0 spiro atoms. The highest BCUT2D eigenvalue weighted by Gasteiger charge is 2.71. The Labute approximate surface area is 140 Å². The van der Waals surface area contributed by atoms with Gasteiger partial charge in [-0.15, -0.1) is 5.10 Å². The Morgan fingerprint density at radius 3 is 2.54 bits per heavy atom. The van der Waals surface area contributed by atoms with Crippen LogP contribution in [-0.2, 0) is 10.5 Å². The number of carbonyl (C=O) groups is 1. The van der Waals surface area contributed by atoms with Gasteiger partial charge in [0.25, 0.3) is 0 Å². The van der Waals surface area contributed by atoms with Crippen molar-refractivity contribution in [1.29, 1.82) is 0 Å². The molecule has 1 aromatic heterocycles. The van der Waals surface area contributed by atoms with E-state index in [4.69, 9.17) is 0 Å². The van der Waals surface area contributed by atoms with Gasteiger partial charge in [-0.25, -0.2) is 9.07 Å². The van der Waals surface area contributed by atoms with Gasteiger partial charge in [0.15, 0.2) is 5.67 Å². The molecule has 0 radical (unpaired) electrons. The quantitative estimate of drug-likeness (QED) is 0.854. The van der Waals surface area contributed by atoms with Gasteiger partial charge in [0.05, 0.1) is 25.3 Å². The normalized spacial score (nSPS) is 41.7. The van der Waals surface area contributed by atoms with E-state index < -0.39 is 5.67 Å². The highest BCUT2D eigenvalue weighted by molar-refractivity contribution is 5.82. The number of hydrogen-bond donors (Lipinski definition) is 0. The number of amides is 1. The summed E-state index contributed by atoms with van der Waals surface area (Å²) in [6.45, 7) is 0.334. The Morgan fingerprint density at radius 1 is 1.21 bits per heavy atom. The zero-order valence-electron chi connectivity index (χ0n) is 13.8. The summed E-state index contributed by atoms with van der Waals surface area (Å²) < 4.78 is 17.0. The number of likely N-dealkylation sites (tertiary alicyclic amines) is 1. The Bertz CT molecular complexity index is 692. The zero-order valence-corrected chi connectivity index (χ0v) is 13.8. The highest BCUT2D eigenvalue weighted by atomic mass is 19.1. The average Bonchev–Trinajstić information content (AvgIpc) is 3.22. The number of aromatic nitrogens is 3. The molecule has 6 heteroatoms. The SMILES string of the molecule is O=C(C1C2CC3C(C2)C31)N1CC(F)(c2cn(C3CCCC3)nn2)C1. The first kappa shape index (κ1) is 13.8. The van der Waals surface area contributed by atoms with Gasteiger partial charge < -0.3 is 4.90 Å². The van der Waals surface area contributed by atoms with Gasteiger partial charge in [0, 0.05) is 5.92 Å². The molecule has 0 aromatic carbocycles. The number of hydrogen-bond acceptors (Lipinski definition) is 3. The lowest BCUT2D eigenvalue weighted by molar-refractivity contribution is -0.152. The topological polar surface area (TPSA) is 51.0 Å². The molecule has 4 bridgehead atoms. The van der Waals surface area contributed by atoms with E-state index in [0.717, 1.165) is 24.7 Å². The molecule has 5 aliphatic carbocycles. The van der Waals surface area contributed by atoms with Crippen LogP contribution in [0.3, 0.4) is 0 Å². The lowest BCUT2D eigenvalue weighted by Gasteiger charge is -2.44. The third kappa shape index (κ3) is 1.67. The van der Waals surface area contributed by atoms with Crippen molar-refractivity contribution in [3.05, 3.63) is 11.9 Å². The third-order valence-electron chi connectivity index (χ3n) is 7.62. The second-order valence-electron chi connectivity index (χ2n) is 8.84. The molecule has 1 saturated heterocycles. The van der Waals surface area contributed by atoms with Gasteiger partial charge >= 0.3 is 0 Å². The summed E-state index contributed by atoms with van der Waals surface area (Å²) in [7, 11) is 0. The predicted octanol–water partition coefficient (Wildman–Crippen LogP) is 2.30. The second-order valence-corrected chi connectivity index (χ2v) is 8.84. The van der Waals surface area contributed by atoms with Gasteiger partial charge in [0.1, 0.15) is 5.69 Å². The minimum atomic E-state index is -1.49. The van der Waals surface area contributed by atoms with Crippen LogP contribution in [0.5, 0.6) is 0 Å². The molecule has 5 saturated carbocycles. The summed E-state index contributed by atoms with van der Waals surface area (Å²) in [4.78, 5) is 14.5. The van der Waals surface area contributed by atoms with Gasteiger partial charge in [-0.05, 0) is 49.4 Å². The first-order chi connectivity index (χ1) is 11.6. The predicted molar refractivity (Wildman–Crippen MR) is 83.6 cm³/mol. The van der Waals surface area contributed by atoms with E-state index in [1.807, 2.05) is 4.68 Å². The van der Waals surface area contributed by atoms with Crippen LogP contribution in [0.2, 0.25) is 0 Å². The van der Waals surface area contributed by atoms with Crippen LogP contribution < -0.4 is 0 Å². The minimum absolute atomic E-state index is 0.167. The fourth-order valence-corrected chi connectivity index (χ4v) is 6.36. The molecule has 2 heterocycles. The number of rotatable bonds is 3. The number of halogens is 1. The Kier molecular flexibility index (Phi) is 2.52. The molecular formula is C18H23FN4O. The standard InChI is InChI=1S/C18H23FN4O/c19-18(14-7-23(21-20-14)11-3-1-2-4-11)8-22(9-18)17(24)15-10-5-12-13(6-10)16(12)15/h7,10-13,15-16H,1-6,8-9H2. The summed E-state index contributed by atoms with van der Waals surface area (Å²) in [5.74, 6) is 3.30. The van der Waals surface area contributed by atoms with E-state index in [9.17, 15) is 4.79 Å². The lowest BCUT2D eigenvalue weighted by atomic mass is 9.89. The Balaban J connectivity index is 1.15. The van der Waals surface area contributed by atoms with Crippen LogP contribution in [0.1, 0.15) is 50.3 Å². The minimum Gasteiger partial charge on any atom is -0.335 e. The highest BCUT2D eigenvalue weighted by Crippen LogP contribution is 2.73. The molecule has 7 rings (SSSR count). The monoisotopic (exact) mass is 330 g/mol. The maximum absolute atomic E-state index is 15.1. The summed E-state index contributed by atoms with van der Waals surface area (Å²) in [5, 5.41) is 8.25. The molecule has 5 nitrogen and oxygen atoms in total. The number of carbonyl (C=O) groups excluding carboxylic acids is 1. The van der Waals surface area contributed by atoms with Crippen molar-refractivity contribution in [2.45, 2.75) is 50.2 Å². The first-order valence-electron chi connectivity index (χ1n) is 9.54. The van der Waals surface area contributed by atoms with Crippen LogP contribution in [0.15, 0.2) is 6.20 Å². The van der Waals surface area contributed by atoms with E-state index in [-0.39, 0.29) is 24.9 Å². The van der Waals surface area contributed by atoms with E-state index in [1.54, 1.807) is 11.1 Å². The summed E-state index contributed by atoms with van der Waals surface area (Å²) in [6.07, 6.45) is 8.93. The Hall–Kier alpha value is -1.46. The smallest absolute Gasteiger partial charge is 0.226 e. The maximum atomic E-state index is 15.1. The largest absolute Gasteiger partial charge is 0.335 e. The summed E-state index contributed by atoms with van der Waals surface area (Å²) in [5.41, 5.74) is -1.07. The average molecular weight is 330 g/mol. The Morgan fingerprint density at radius 2 is 1.92 bits per heavy atom.